The fraction of sp³-hybridized carbons (Fsp3) is 0.375. The van der Waals surface area contributed by atoms with Crippen molar-refractivity contribution in [1.29, 1.82) is 0 Å². The highest BCUT2D eigenvalue weighted by Gasteiger charge is 2.20. The van der Waals surface area contributed by atoms with Crippen molar-refractivity contribution in [3.05, 3.63) is 58.0 Å². The molecule has 1 atom stereocenters. The number of alkyl halides is 1. The van der Waals surface area contributed by atoms with Crippen LogP contribution in [-0.2, 0) is 6.42 Å². The third-order valence-electron chi connectivity index (χ3n) is 3.55. The number of aryl methyl sites for hydroxylation is 3. The van der Waals surface area contributed by atoms with E-state index < -0.39 is 0 Å². The monoisotopic (exact) mass is 306 g/mol. The summed E-state index contributed by atoms with van der Waals surface area (Å²) < 4.78 is 5.70. The van der Waals surface area contributed by atoms with Crippen molar-refractivity contribution < 1.29 is 4.42 Å². The molecule has 0 spiro atoms. The molecular weight excluding hydrogens is 288 g/mol. The van der Waals surface area contributed by atoms with Gasteiger partial charge in [0, 0.05) is 5.56 Å². The van der Waals surface area contributed by atoms with Gasteiger partial charge in [0.15, 0.2) is 0 Å². The summed E-state index contributed by atoms with van der Waals surface area (Å²) in [6, 6.07) is 8.78. The summed E-state index contributed by atoms with van der Waals surface area (Å²) in [5.41, 5.74) is 5.15. The zero-order valence-corrected chi connectivity index (χ0v) is 13.0. The summed E-state index contributed by atoms with van der Waals surface area (Å²) in [7, 11) is 0. The summed E-state index contributed by atoms with van der Waals surface area (Å²) in [5, 5.41) is 0. The van der Waals surface area contributed by atoms with E-state index in [-0.39, 0.29) is 4.83 Å². The van der Waals surface area contributed by atoms with Gasteiger partial charge in [0.2, 0.25) is 0 Å². The largest absolute Gasteiger partial charge is 0.466 e. The van der Waals surface area contributed by atoms with Crippen LogP contribution < -0.4 is 0 Å². The molecule has 0 amide bonds. The maximum absolute atomic E-state index is 5.70. The Hall–Kier alpha value is -1.02. The predicted molar refractivity (Wildman–Crippen MR) is 79.5 cm³/mol. The van der Waals surface area contributed by atoms with E-state index in [4.69, 9.17) is 4.42 Å². The van der Waals surface area contributed by atoms with Gasteiger partial charge in [-0.15, -0.1) is 0 Å². The second-order valence-electron chi connectivity index (χ2n) is 4.71. The number of benzene rings is 1. The van der Waals surface area contributed by atoms with Crippen LogP contribution in [0.25, 0.3) is 0 Å². The molecule has 0 aliphatic carbocycles. The highest BCUT2D eigenvalue weighted by Crippen LogP contribution is 2.37. The molecule has 0 N–H and O–H groups in total. The van der Waals surface area contributed by atoms with Gasteiger partial charge in [-0.3, -0.25) is 0 Å². The van der Waals surface area contributed by atoms with E-state index in [0.717, 1.165) is 17.9 Å². The zero-order chi connectivity index (χ0) is 13.3. The van der Waals surface area contributed by atoms with Crippen molar-refractivity contribution in [3.8, 4) is 0 Å². The number of hydrogen-bond donors (Lipinski definition) is 0. The average Bonchev–Trinajstić information content (AvgIpc) is 2.63. The van der Waals surface area contributed by atoms with Crippen molar-refractivity contribution in [2.24, 2.45) is 0 Å². The van der Waals surface area contributed by atoms with Crippen LogP contribution in [0.3, 0.4) is 0 Å². The Kier molecular flexibility index (Phi) is 3.96. The molecule has 0 radical (unpaired) electrons. The quantitative estimate of drug-likeness (QED) is 0.706. The highest BCUT2D eigenvalue weighted by atomic mass is 79.9. The first-order valence-corrected chi connectivity index (χ1v) is 7.25. The molecule has 0 saturated carbocycles. The lowest BCUT2D eigenvalue weighted by atomic mass is 10.00. The second-order valence-corrected chi connectivity index (χ2v) is 5.63. The topological polar surface area (TPSA) is 13.1 Å². The summed E-state index contributed by atoms with van der Waals surface area (Å²) in [5.74, 6) is 2.02. The van der Waals surface area contributed by atoms with Crippen molar-refractivity contribution in [2.45, 2.75) is 38.9 Å². The molecule has 2 rings (SSSR count). The molecule has 96 valence electrons. The fourth-order valence-electron chi connectivity index (χ4n) is 2.27. The fourth-order valence-corrected chi connectivity index (χ4v) is 3.24. The van der Waals surface area contributed by atoms with Gasteiger partial charge in [-0.25, -0.2) is 0 Å². The summed E-state index contributed by atoms with van der Waals surface area (Å²) in [6.07, 6.45) is 1.08. The van der Waals surface area contributed by atoms with Gasteiger partial charge in [0.1, 0.15) is 11.5 Å². The van der Waals surface area contributed by atoms with Gasteiger partial charge < -0.3 is 4.42 Å². The van der Waals surface area contributed by atoms with Crippen LogP contribution in [0, 0.1) is 20.8 Å². The first-order valence-electron chi connectivity index (χ1n) is 6.34. The van der Waals surface area contributed by atoms with Crippen LogP contribution in [0.1, 0.15) is 45.5 Å². The molecule has 1 aromatic heterocycles. The van der Waals surface area contributed by atoms with Crippen molar-refractivity contribution in [2.75, 3.05) is 0 Å². The van der Waals surface area contributed by atoms with Crippen LogP contribution in [0.4, 0.5) is 0 Å². The molecule has 0 aliphatic rings. The number of rotatable bonds is 3. The first-order chi connectivity index (χ1) is 8.54. The minimum Gasteiger partial charge on any atom is -0.466 e. The molecule has 2 aromatic rings. The Labute approximate surface area is 117 Å². The summed E-state index contributed by atoms with van der Waals surface area (Å²) >= 11 is 3.80. The lowest BCUT2D eigenvalue weighted by Gasteiger charge is -2.11. The molecule has 1 heterocycles. The summed E-state index contributed by atoms with van der Waals surface area (Å²) in [4.78, 5) is 0.209. The minimum absolute atomic E-state index is 0.209. The minimum atomic E-state index is 0.209. The Balaban J connectivity index is 2.37. The smallest absolute Gasteiger partial charge is 0.106 e. The van der Waals surface area contributed by atoms with E-state index >= 15 is 0 Å². The zero-order valence-electron chi connectivity index (χ0n) is 11.4. The maximum atomic E-state index is 5.70. The summed E-state index contributed by atoms with van der Waals surface area (Å²) in [6.45, 7) is 8.35. The molecule has 1 nitrogen and oxygen atoms in total. The normalized spacial score (nSPS) is 12.7. The average molecular weight is 307 g/mol. The van der Waals surface area contributed by atoms with E-state index in [1.54, 1.807) is 0 Å². The van der Waals surface area contributed by atoms with Crippen LogP contribution in [0.2, 0.25) is 0 Å². The Morgan fingerprint density at radius 2 is 1.67 bits per heavy atom. The lowest BCUT2D eigenvalue weighted by molar-refractivity contribution is 0.500. The van der Waals surface area contributed by atoms with Crippen molar-refractivity contribution >= 4 is 15.9 Å². The van der Waals surface area contributed by atoms with Gasteiger partial charge in [0.25, 0.3) is 0 Å². The van der Waals surface area contributed by atoms with Gasteiger partial charge in [0.05, 0.1) is 4.83 Å². The number of furan rings is 1. The molecule has 1 unspecified atom stereocenters. The SMILES string of the molecule is CCc1ccc(C(Br)c2c(C)oc(C)c2C)cc1. The van der Waals surface area contributed by atoms with E-state index in [0.29, 0.717) is 0 Å². The van der Waals surface area contributed by atoms with Crippen LogP contribution in [0.15, 0.2) is 28.7 Å². The molecule has 18 heavy (non-hydrogen) atoms. The second kappa shape index (κ2) is 5.31. The molecule has 2 heteroatoms. The van der Waals surface area contributed by atoms with Crippen LogP contribution in [-0.4, -0.2) is 0 Å². The Morgan fingerprint density at radius 3 is 2.11 bits per heavy atom. The van der Waals surface area contributed by atoms with E-state index in [1.165, 1.54) is 22.3 Å². The third kappa shape index (κ3) is 2.39. The highest BCUT2D eigenvalue weighted by molar-refractivity contribution is 9.09. The maximum Gasteiger partial charge on any atom is 0.106 e. The van der Waals surface area contributed by atoms with Crippen LogP contribution in [0.5, 0.6) is 0 Å². The van der Waals surface area contributed by atoms with E-state index in [1.807, 2.05) is 13.8 Å². The molecular formula is C16H19BrO. The number of halogens is 1. The third-order valence-corrected chi connectivity index (χ3v) is 4.54. The molecule has 0 fully saturated rings. The van der Waals surface area contributed by atoms with Gasteiger partial charge in [-0.1, -0.05) is 47.1 Å². The van der Waals surface area contributed by atoms with Gasteiger partial charge >= 0.3 is 0 Å². The molecule has 1 aromatic carbocycles. The van der Waals surface area contributed by atoms with Crippen molar-refractivity contribution in [3.63, 3.8) is 0 Å². The Bertz CT molecular complexity index is 537. The van der Waals surface area contributed by atoms with Crippen LogP contribution >= 0.6 is 15.9 Å². The van der Waals surface area contributed by atoms with Gasteiger partial charge in [-0.2, -0.15) is 0 Å². The molecule has 0 bridgehead atoms. The molecule has 0 saturated heterocycles. The lowest BCUT2D eigenvalue weighted by Crippen LogP contribution is -1.96. The van der Waals surface area contributed by atoms with E-state index in [2.05, 4.69) is 54.0 Å². The number of hydrogen-bond acceptors (Lipinski definition) is 1. The first kappa shape index (κ1) is 13.4. The predicted octanol–water partition coefficient (Wildman–Crippen LogP) is 5.25. The van der Waals surface area contributed by atoms with Gasteiger partial charge in [-0.05, 0) is 43.9 Å². The van der Waals surface area contributed by atoms with E-state index in [9.17, 15) is 0 Å². The molecule has 0 aliphatic heterocycles. The Morgan fingerprint density at radius 1 is 1.06 bits per heavy atom. The standard InChI is InChI=1S/C16H19BrO/c1-5-13-6-8-14(9-7-13)16(17)15-10(2)11(3)18-12(15)4/h6-9,16H,5H2,1-4H3. The van der Waals surface area contributed by atoms with Crippen molar-refractivity contribution in [1.82, 2.24) is 0 Å².